The molecule has 4 rings (SSSR count). The highest BCUT2D eigenvalue weighted by atomic mass is 79.9. The van der Waals surface area contributed by atoms with Gasteiger partial charge in [-0.2, -0.15) is 0 Å². The van der Waals surface area contributed by atoms with Crippen LogP contribution in [0.4, 0.5) is 5.69 Å². The van der Waals surface area contributed by atoms with Crippen molar-refractivity contribution in [2.45, 2.75) is 13.5 Å². The minimum atomic E-state index is -0.698. The molecule has 3 aromatic carbocycles. The van der Waals surface area contributed by atoms with E-state index in [1.807, 2.05) is 31.2 Å². The monoisotopic (exact) mass is 556 g/mol. The Balaban J connectivity index is 1.58. The lowest BCUT2D eigenvalue weighted by Crippen LogP contribution is -2.06. The molecular formula is C25H18BrClN2O6. The van der Waals surface area contributed by atoms with Crippen molar-refractivity contribution in [3.05, 3.63) is 103 Å². The van der Waals surface area contributed by atoms with Crippen molar-refractivity contribution in [2.75, 3.05) is 6.61 Å². The molecule has 0 fully saturated rings. The van der Waals surface area contributed by atoms with Crippen molar-refractivity contribution in [3.8, 4) is 11.5 Å². The summed E-state index contributed by atoms with van der Waals surface area (Å²) >= 11 is 9.55. The van der Waals surface area contributed by atoms with Crippen molar-refractivity contribution < 1.29 is 23.9 Å². The van der Waals surface area contributed by atoms with Gasteiger partial charge in [0.15, 0.2) is 17.2 Å². The molecule has 0 saturated heterocycles. The lowest BCUT2D eigenvalue weighted by atomic mass is 10.1. The summed E-state index contributed by atoms with van der Waals surface area (Å²) in [6.45, 7) is 2.64. The largest absolute Gasteiger partial charge is 0.490 e. The van der Waals surface area contributed by atoms with Gasteiger partial charge in [0.25, 0.3) is 5.69 Å². The summed E-state index contributed by atoms with van der Waals surface area (Å²) in [5, 5.41) is 11.3. The number of nitro groups is 1. The van der Waals surface area contributed by atoms with Gasteiger partial charge in [0, 0.05) is 16.6 Å². The minimum Gasteiger partial charge on any atom is -0.490 e. The summed E-state index contributed by atoms with van der Waals surface area (Å²) in [5.41, 5.74) is 1.61. The van der Waals surface area contributed by atoms with Gasteiger partial charge in [0.05, 0.1) is 22.1 Å². The van der Waals surface area contributed by atoms with E-state index in [-0.39, 0.29) is 27.9 Å². The van der Waals surface area contributed by atoms with E-state index >= 15 is 0 Å². The van der Waals surface area contributed by atoms with Crippen LogP contribution in [0.5, 0.6) is 11.5 Å². The number of nitro benzene ring substituents is 1. The zero-order valence-corrected chi connectivity index (χ0v) is 20.7. The Kier molecular flexibility index (Phi) is 7.48. The lowest BCUT2D eigenvalue weighted by Gasteiger charge is -2.13. The second-order valence-corrected chi connectivity index (χ2v) is 8.63. The van der Waals surface area contributed by atoms with E-state index in [4.69, 9.17) is 25.8 Å². The van der Waals surface area contributed by atoms with Crippen LogP contribution in [0.15, 0.2) is 75.8 Å². The number of hydrogen-bond acceptors (Lipinski definition) is 7. The first-order valence-electron chi connectivity index (χ1n) is 10.4. The Hall–Kier alpha value is -3.69. The highest BCUT2D eigenvalue weighted by Crippen LogP contribution is 2.32. The van der Waals surface area contributed by atoms with E-state index < -0.39 is 10.9 Å². The molecule has 0 amide bonds. The Bertz CT molecular complexity index is 1350. The molecule has 0 saturated carbocycles. The van der Waals surface area contributed by atoms with Crippen LogP contribution in [0.3, 0.4) is 0 Å². The summed E-state index contributed by atoms with van der Waals surface area (Å²) in [6, 6.07) is 16.9. The summed E-state index contributed by atoms with van der Waals surface area (Å²) in [6.07, 6.45) is 1.53. The third-order valence-electron chi connectivity index (χ3n) is 4.89. The number of rotatable bonds is 8. The fourth-order valence-corrected chi connectivity index (χ4v) is 3.68. The molecule has 0 aromatic heterocycles. The number of ether oxygens (including phenoxy) is 3. The Labute approximate surface area is 214 Å². The Morgan fingerprint density at radius 1 is 1.09 bits per heavy atom. The number of esters is 1. The van der Waals surface area contributed by atoms with E-state index in [1.165, 1.54) is 24.3 Å². The van der Waals surface area contributed by atoms with Crippen molar-refractivity contribution >= 4 is 51.2 Å². The molecule has 3 aromatic rings. The molecule has 0 atom stereocenters. The average Bonchev–Trinajstić information content (AvgIpc) is 3.19. The topological polar surface area (TPSA) is 100 Å². The molecule has 35 heavy (non-hydrogen) atoms. The smallest absolute Gasteiger partial charge is 0.363 e. The van der Waals surface area contributed by atoms with Gasteiger partial charge in [-0.25, -0.2) is 9.79 Å². The maximum absolute atomic E-state index is 12.4. The molecule has 1 heterocycles. The number of carbonyl (C=O) groups excluding carboxylic acids is 1. The van der Waals surface area contributed by atoms with E-state index in [0.717, 1.165) is 10.0 Å². The quantitative estimate of drug-likeness (QED) is 0.139. The van der Waals surface area contributed by atoms with E-state index in [9.17, 15) is 14.9 Å². The number of hydrogen-bond donors (Lipinski definition) is 0. The predicted molar refractivity (Wildman–Crippen MR) is 135 cm³/mol. The number of cyclic esters (lactones) is 1. The summed E-state index contributed by atoms with van der Waals surface area (Å²) in [4.78, 5) is 27.1. The normalized spacial score (nSPS) is 14.0. The minimum absolute atomic E-state index is 0.0218. The number of non-ortho nitro benzene ring substituents is 1. The van der Waals surface area contributed by atoms with Gasteiger partial charge in [0.2, 0.25) is 5.90 Å². The van der Waals surface area contributed by atoms with Crippen LogP contribution in [0.25, 0.3) is 6.08 Å². The second-order valence-electron chi connectivity index (χ2n) is 7.31. The Morgan fingerprint density at radius 3 is 2.57 bits per heavy atom. The van der Waals surface area contributed by atoms with Crippen molar-refractivity contribution in [2.24, 2.45) is 4.99 Å². The molecule has 0 bridgehead atoms. The van der Waals surface area contributed by atoms with Gasteiger partial charge in [-0.15, -0.1) is 0 Å². The molecule has 0 radical (unpaired) electrons. The fraction of sp³-hybridized carbons (Fsp3) is 0.120. The molecule has 0 spiro atoms. The molecule has 0 N–H and O–H groups in total. The molecule has 178 valence electrons. The van der Waals surface area contributed by atoms with Crippen LogP contribution in [-0.2, 0) is 16.1 Å². The van der Waals surface area contributed by atoms with Crippen molar-refractivity contribution in [1.82, 2.24) is 0 Å². The van der Waals surface area contributed by atoms with Crippen LogP contribution in [0.2, 0.25) is 5.02 Å². The third-order valence-corrected chi connectivity index (χ3v) is 5.75. The summed E-state index contributed by atoms with van der Waals surface area (Å²) in [7, 11) is 0. The van der Waals surface area contributed by atoms with Crippen molar-refractivity contribution in [3.63, 3.8) is 0 Å². The van der Waals surface area contributed by atoms with Gasteiger partial charge in [0.1, 0.15) is 6.61 Å². The standard InChI is InChI=1S/C25H18BrClN2O6/c1-2-33-23-12-16(5-10-22(23)34-14-15-3-6-17(26)7-4-15)11-21-25(30)35-24(28-21)19-13-18(29(31)32)8-9-20(19)27/h3-13H,2,14H2,1H3/b21-11-. The first kappa shape index (κ1) is 24.4. The SMILES string of the molecule is CCOc1cc(/C=C2\N=C(c3cc([N+](=O)[O-])ccc3Cl)OC2=O)ccc1OCc1ccc(Br)cc1. The van der Waals surface area contributed by atoms with E-state index in [0.29, 0.717) is 30.3 Å². The maximum Gasteiger partial charge on any atom is 0.363 e. The van der Waals surface area contributed by atoms with E-state index in [2.05, 4.69) is 20.9 Å². The molecule has 1 aliphatic rings. The first-order valence-corrected chi connectivity index (χ1v) is 11.6. The second kappa shape index (κ2) is 10.7. The zero-order valence-electron chi connectivity index (χ0n) is 18.4. The van der Waals surface area contributed by atoms with Gasteiger partial charge < -0.3 is 14.2 Å². The maximum atomic E-state index is 12.4. The Morgan fingerprint density at radius 2 is 1.86 bits per heavy atom. The highest BCUT2D eigenvalue weighted by Gasteiger charge is 2.27. The third kappa shape index (κ3) is 5.87. The summed E-state index contributed by atoms with van der Waals surface area (Å²) < 4.78 is 17.9. The molecule has 8 nitrogen and oxygen atoms in total. The lowest BCUT2D eigenvalue weighted by molar-refractivity contribution is -0.384. The number of nitrogens with zero attached hydrogens (tertiary/aromatic N) is 2. The fourth-order valence-electron chi connectivity index (χ4n) is 3.22. The molecule has 1 aliphatic heterocycles. The van der Waals surface area contributed by atoms with Crippen LogP contribution in [-0.4, -0.2) is 23.4 Å². The summed E-state index contributed by atoms with van der Waals surface area (Å²) in [5.74, 6) is 0.264. The number of carbonyl (C=O) groups is 1. The highest BCUT2D eigenvalue weighted by molar-refractivity contribution is 9.10. The van der Waals surface area contributed by atoms with Gasteiger partial charge in [-0.05, 0) is 54.5 Å². The number of aliphatic imine (C=N–C) groups is 1. The predicted octanol–water partition coefficient (Wildman–Crippen LogP) is 6.33. The number of halogens is 2. The molecule has 10 heteroatoms. The van der Waals surface area contributed by atoms with Gasteiger partial charge in [-0.3, -0.25) is 10.1 Å². The zero-order chi connectivity index (χ0) is 24.9. The van der Waals surface area contributed by atoms with Crippen LogP contribution in [0.1, 0.15) is 23.6 Å². The van der Waals surface area contributed by atoms with Crippen LogP contribution in [0, 0.1) is 10.1 Å². The molecule has 0 unspecified atom stereocenters. The van der Waals surface area contributed by atoms with Crippen molar-refractivity contribution in [1.29, 1.82) is 0 Å². The average molecular weight is 558 g/mol. The van der Waals surface area contributed by atoms with Crippen LogP contribution < -0.4 is 9.47 Å². The molecule has 0 aliphatic carbocycles. The van der Waals surface area contributed by atoms with Crippen LogP contribution >= 0.6 is 27.5 Å². The van der Waals surface area contributed by atoms with Gasteiger partial charge >= 0.3 is 5.97 Å². The first-order chi connectivity index (χ1) is 16.8. The molecular weight excluding hydrogens is 540 g/mol. The van der Waals surface area contributed by atoms with E-state index in [1.54, 1.807) is 18.2 Å². The van der Waals surface area contributed by atoms with Gasteiger partial charge in [-0.1, -0.05) is 45.7 Å². The number of benzene rings is 3.